The molecule has 1 rings (SSSR count). The average molecular weight is 262 g/mol. The average Bonchev–Trinajstić information content (AvgIpc) is 2.14. The van der Waals surface area contributed by atoms with E-state index >= 15 is 0 Å². The van der Waals surface area contributed by atoms with Crippen molar-refractivity contribution in [3.63, 3.8) is 0 Å². The second kappa shape index (κ2) is 5.44. The van der Waals surface area contributed by atoms with E-state index in [0.717, 1.165) is 10.0 Å². The molecule has 2 N–H and O–H groups in total. The molecule has 1 atom stereocenters. The second-order valence-corrected chi connectivity index (χ2v) is 3.92. The largest absolute Gasteiger partial charge is 0.395 e. The van der Waals surface area contributed by atoms with E-state index in [1.165, 1.54) is 12.1 Å². The molecule has 1 aromatic rings. The predicted molar refractivity (Wildman–Crippen MR) is 57.6 cm³/mol. The van der Waals surface area contributed by atoms with E-state index in [0.29, 0.717) is 6.54 Å². The van der Waals surface area contributed by atoms with E-state index < -0.39 is 0 Å². The van der Waals surface area contributed by atoms with Crippen molar-refractivity contribution in [3.05, 3.63) is 34.1 Å². The Balaban J connectivity index is 2.74. The van der Waals surface area contributed by atoms with E-state index in [1.807, 2.05) is 6.92 Å². The monoisotopic (exact) mass is 261 g/mol. The molecule has 0 saturated carbocycles. The van der Waals surface area contributed by atoms with Gasteiger partial charge in [-0.15, -0.1) is 0 Å². The number of benzene rings is 1. The van der Waals surface area contributed by atoms with Crippen molar-refractivity contribution in [2.45, 2.75) is 13.0 Å². The Labute approximate surface area is 91.3 Å². The molecule has 0 heterocycles. The van der Waals surface area contributed by atoms with Crippen LogP contribution in [0, 0.1) is 5.82 Å². The fourth-order valence-corrected chi connectivity index (χ4v) is 1.94. The van der Waals surface area contributed by atoms with Gasteiger partial charge in [0.2, 0.25) is 0 Å². The van der Waals surface area contributed by atoms with Gasteiger partial charge in [0.25, 0.3) is 0 Å². The van der Waals surface area contributed by atoms with Crippen molar-refractivity contribution >= 4 is 15.9 Å². The van der Waals surface area contributed by atoms with Crippen LogP contribution < -0.4 is 5.32 Å². The molecule has 1 aromatic carbocycles. The van der Waals surface area contributed by atoms with Crippen molar-refractivity contribution in [1.29, 1.82) is 0 Å². The fourth-order valence-electron chi connectivity index (χ4n) is 1.24. The summed E-state index contributed by atoms with van der Waals surface area (Å²) in [5, 5.41) is 11.7. The molecular formula is C10H13BrFNO. The summed E-state index contributed by atoms with van der Waals surface area (Å²) in [4.78, 5) is 0. The third-order valence-corrected chi connectivity index (χ3v) is 2.68. The maximum atomic E-state index is 12.8. The lowest BCUT2D eigenvalue weighted by Crippen LogP contribution is -2.22. The van der Waals surface area contributed by atoms with Crippen LogP contribution in [0.1, 0.15) is 18.5 Å². The summed E-state index contributed by atoms with van der Waals surface area (Å²) in [5.41, 5.74) is 0.986. The van der Waals surface area contributed by atoms with E-state index in [2.05, 4.69) is 21.2 Å². The van der Waals surface area contributed by atoms with E-state index in [9.17, 15) is 4.39 Å². The van der Waals surface area contributed by atoms with Crippen molar-refractivity contribution in [3.8, 4) is 0 Å². The quantitative estimate of drug-likeness (QED) is 0.872. The molecule has 1 unspecified atom stereocenters. The third kappa shape index (κ3) is 3.04. The van der Waals surface area contributed by atoms with Crippen LogP contribution in [-0.4, -0.2) is 18.3 Å². The molecule has 4 heteroatoms. The van der Waals surface area contributed by atoms with Crippen molar-refractivity contribution in [2.75, 3.05) is 13.2 Å². The SMILES string of the molecule is CC(NCCO)c1ccc(F)cc1Br. The molecule has 0 aromatic heterocycles. The molecule has 0 amide bonds. The van der Waals surface area contributed by atoms with Crippen LogP contribution in [0.3, 0.4) is 0 Å². The van der Waals surface area contributed by atoms with Gasteiger partial charge >= 0.3 is 0 Å². The Bertz CT molecular complexity index is 306. The summed E-state index contributed by atoms with van der Waals surface area (Å²) < 4.78 is 13.5. The molecule has 0 fully saturated rings. The first-order valence-corrected chi connectivity index (χ1v) is 5.23. The highest BCUT2D eigenvalue weighted by Crippen LogP contribution is 2.23. The minimum atomic E-state index is -0.255. The van der Waals surface area contributed by atoms with Crippen LogP contribution in [0.5, 0.6) is 0 Å². The third-order valence-electron chi connectivity index (χ3n) is 1.99. The topological polar surface area (TPSA) is 32.3 Å². The van der Waals surface area contributed by atoms with E-state index in [4.69, 9.17) is 5.11 Å². The Morgan fingerprint density at radius 2 is 2.29 bits per heavy atom. The molecule has 0 bridgehead atoms. The Morgan fingerprint density at radius 1 is 1.57 bits per heavy atom. The zero-order chi connectivity index (χ0) is 10.6. The van der Waals surface area contributed by atoms with Crippen LogP contribution in [0.25, 0.3) is 0 Å². The lowest BCUT2D eigenvalue weighted by atomic mass is 10.1. The maximum absolute atomic E-state index is 12.8. The minimum Gasteiger partial charge on any atom is -0.395 e. The smallest absolute Gasteiger partial charge is 0.124 e. The maximum Gasteiger partial charge on any atom is 0.124 e. The van der Waals surface area contributed by atoms with Crippen LogP contribution in [0.15, 0.2) is 22.7 Å². The Morgan fingerprint density at radius 3 is 2.86 bits per heavy atom. The Kier molecular flexibility index (Phi) is 4.51. The fraction of sp³-hybridized carbons (Fsp3) is 0.400. The molecule has 0 aliphatic carbocycles. The van der Waals surface area contributed by atoms with Gasteiger partial charge in [-0.1, -0.05) is 22.0 Å². The van der Waals surface area contributed by atoms with Crippen LogP contribution in [0.4, 0.5) is 4.39 Å². The van der Waals surface area contributed by atoms with Gasteiger partial charge in [0, 0.05) is 17.1 Å². The van der Waals surface area contributed by atoms with E-state index in [1.54, 1.807) is 6.07 Å². The highest BCUT2D eigenvalue weighted by Gasteiger charge is 2.08. The number of rotatable bonds is 4. The summed E-state index contributed by atoms with van der Waals surface area (Å²) in [6.45, 7) is 2.60. The summed E-state index contributed by atoms with van der Waals surface area (Å²) in [6.07, 6.45) is 0. The van der Waals surface area contributed by atoms with Crippen molar-refractivity contribution in [2.24, 2.45) is 0 Å². The van der Waals surface area contributed by atoms with Gasteiger partial charge in [-0.25, -0.2) is 4.39 Å². The summed E-state index contributed by atoms with van der Waals surface area (Å²) in [5.74, 6) is -0.255. The number of aliphatic hydroxyl groups excluding tert-OH is 1. The molecule has 0 radical (unpaired) electrons. The first kappa shape index (κ1) is 11.6. The van der Waals surface area contributed by atoms with Crippen LogP contribution in [-0.2, 0) is 0 Å². The summed E-state index contributed by atoms with van der Waals surface area (Å²) in [6, 6.07) is 4.69. The first-order chi connectivity index (χ1) is 6.65. The Hall–Kier alpha value is -0.450. The highest BCUT2D eigenvalue weighted by atomic mass is 79.9. The predicted octanol–water partition coefficient (Wildman–Crippen LogP) is 2.23. The zero-order valence-corrected chi connectivity index (χ0v) is 9.51. The number of nitrogens with one attached hydrogen (secondary N) is 1. The number of aliphatic hydroxyl groups is 1. The summed E-state index contributed by atoms with van der Waals surface area (Å²) >= 11 is 3.30. The second-order valence-electron chi connectivity index (χ2n) is 3.07. The van der Waals surface area contributed by atoms with E-state index in [-0.39, 0.29) is 18.5 Å². The molecule has 0 aliphatic rings. The molecule has 0 aliphatic heterocycles. The van der Waals surface area contributed by atoms with Gasteiger partial charge < -0.3 is 10.4 Å². The first-order valence-electron chi connectivity index (χ1n) is 4.44. The van der Waals surface area contributed by atoms with Gasteiger partial charge in [0.1, 0.15) is 5.82 Å². The summed E-state index contributed by atoms with van der Waals surface area (Å²) in [7, 11) is 0. The van der Waals surface area contributed by atoms with Gasteiger partial charge in [-0.3, -0.25) is 0 Å². The van der Waals surface area contributed by atoms with Gasteiger partial charge in [0.15, 0.2) is 0 Å². The number of hydrogen-bond acceptors (Lipinski definition) is 2. The van der Waals surface area contributed by atoms with Crippen LogP contribution >= 0.6 is 15.9 Å². The van der Waals surface area contributed by atoms with Crippen LogP contribution in [0.2, 0.25) is 0 Å². The molecule has 0 spiro atoms. The lowest BCUT2D eigenvalue weighted by molar-refractivity contribution is 0.286. The molecule has 14 heavy (non-hydrogen) atoms. The van der Waals surface area contributed by atoms with Crippen molar-refractivity contribution < 1.29 is 9.50 Å². The van der Waals surface area contributed by atoms with Gasteiger partial charge in [-0.2, -0.15) is 0 Å². The molecular weight excluding hydrogens is 249 g/mol. The molecule has 0 saturated heterocycles. The highest BCUT2D eigenvalue weighted by molar-refractivity contribution is 9.10. The standard InChI is InChI=1S/C10H13BrFNO/c1-7(13-4-5-14)9-3-2-8(12)6-10(9)11/h2-3,6-7,13-14H,4-5H2,1H3. The minimum absolute atomic E-state index is 0.0946. The normalized spacial score (nSPS) is 12.9. The number of hydrogen-bond donors (Lipinski definition) is 2. The van der Waals surface area contributed by atoms with Gasteiger partial charge in [-0.05, 0) is 24.6 Å². The van der Waals surface area contributed by atoms with Crippen molar-refractivity contribution in [1.82, 2.24) is 5.32 Å². The lowest BCUT2D eigenvalue weighted by Gasteiger charge is -2.14. The zero-order valence-electron chi connectivity index (χ0n) is 7.93. The molecule has 78 valence electrons. The molecule has 2 nitrogen and oxygen atoms in total. The number of halogens is 2. The van der Waals surface area contributed by atoms with Gasteiger partial charge in [0.05, 0.1) is 6.61 Å².